The summed E-state index contributed by atoms with van der Waals surface area (Å²) in [4.78, 5) is 25.3. The first-order chi connectivity index (χ1) is 13.6. The Bertz CT molecular complexity index is 828. The van der Waals surface area contributed by atoms with Gasteiger partial charge in [-0.25, -0.2) is 4.79 Å². The smallest absolute Gasteiger partial charge is 0.341 e. The molecule has 0 saturated carbocycles. The molecular formula is C21H25NO5S. The van der Waals surface area contributed by atoms with E-state index in [4.69, 9.17) is 14.2 Å². The zero-order valence-electron chi connectivity index (χ0n) is 16.2. The number of rotatable bonds is 8. The second-order valence-corrected chi connectivity index (χ2v) is 7.59. The van der Waals surface area contributed by atoms with Crippen molar-refractivity contribution in [2.24, 2.45) is 0 Å². The minimum Gasteiger partial charge on any atom is -0.494 e. The van der Waals surface area contributed by atoms with E-state index in [1.54, 1.807) is 0 Å². The van der Waals surface area contributed by atoms with Gasteiger partial charge in [-0.3, -0.25) is 4.79 Å². The number of fused-ring (bicyclic) bond motifs is 1. The van der Waals surface area contributed by atoms with Crippen LogP contribution in [0.4, 0.5) is 5.00 Å². The van der Waals surface area contributed by atoms with Crippen molar-refractivity contribution >= 4 is 28.2 Å². The number of hydrogen-bond donors (Lipinski definition) is 1. The minimum absolute atomic E-state index is 0.135. The highest BCUT2D eigenvalue weighted by atomic mass is 32.1. The Hall–Kier alpha value is -2.54. The van der Waals surface area contributed by atoms with Crippen molar-refractivity contribution in [1.29, 1.82) is 0 Å². The van der Waals surface area contributed by atoms with E-state index in [0.717, 1.165) is 37.0 Å². The number of thiophene rings is 1. The van der Waals surface area contributed by atoms with E-state index < -0.39 is 5.97 Å². The molecule has 150 valence electrons. The zero-order chi connectivity index (χ0) is 19.9. The number of carbonyl (C=O) groups excluding carboxylic acids is 2. The molecular weight excluding hydrogens is 378 g/mol. The van der Waals surface area contributed by atoms with Crippen LogP contribution in [-0.2, 0) is 22.4 Å². The first kappa shape index (κ1) is 20.2. The van der Waals surface area contributed by atoms with E-state index in [0.29, 0.717) is 22.9 Å². The maximum absolute atomic E-state index is 12.7. The van der Waals surface area contributed by atoms with Crippen molar-refractivity contribution in [2.45, 2.75) is 39.5 Å². The summed E-state index contributed by atoms with van der Waals surface area (Å²) in [5.74, 6) is 0.880. The molecule has 28 heavy (non-hydrogen) atoms. The standard InChI is InChI=1S/C21H25NO5S/c1-3-25-15-8-10-16(11-9-15)26-12-13-27-21(24)19-17-6-4-5-7-18(17)28-20(19)22-14(2)23/h8-11H,3-7,12-13H2,1-2H3,(H,22,23). The third kappa shape index (κ3) is 5.04. The molecule has 0 fully saturated rings. The van der Waals surface area contributed by atoms with Gasteiger partial charge in [-0.2, -0.15) is 0 Å². The van der Waals surface area contributed by atoms with Gasteiger partial charge in [0.15, 0.2) is 0 Å². The molecule has 7 heteroatoms. The molecule has 0 unspecified atom stereocenters. The minimum atomic E-state index is -0.404. The highest BCUT2D eigenvalue weighted by molar-refractivity contribution is 7.17. The van der Waals surface area contributed by atoms with Crippen LogP contribution in [0.5, 0.6) is 11.5 Å². The lowest BCUT2D eigenvalue weighted by atomic mass is 9.95. The summed E-state index contributed by atoms with van der Waals surface area (Å²) in [5.41, 5.74) is 1.54. The summed E-state index contributed by atoms with van der Waals surface area (Å²) in [5, 5.41) is 3.37. The predicted molar refractivity (Wildman–Crippen MR) is 109 cm³/mol. The maximum Gasteiger partial charge on any atom is 0.341 e. The topological polar surface area (TPSA) is 73.9 Å². The molecule has 2 aromatic rings. The molecule has 0 aliphatic heterocycles. The first-order valence-corrected chi connectivity index (χ1v) is 10.3. The van der Waals surface area contributed by atoms with Gasteiger partial charge in [-0.1, -0.05) is 0 Å². The number of benzene rings is 1. The second kappa shape index (κ2) is 9.59. The number of esters is 1. The maximum atomic E-state index is 12.7. The van der Waals surface area contributed by atoms with Gasteiger partial charge in [-0.15, -0.1) is 11.3 Å². The van der Waals surface area contributed by atoms with Gasteiger partial charge in [0.05, 0.1) is 12.2 Å². The Labute approximate surface area is 168 Å². The zero-order valence-corrected chi connectivity index (χ0v) is 17.0. The highest BCUT2D eigenvalue weighted by Gasteiger charge is 2.26. The van der Waals surface area contributed by atoms with Gasteiger partial charge in [0.25, 0.3) is 0 Å². The number of ether oxygens (including phenoxy) is 3. The lowest BCUT2D eigenvalue weighted by Gasteiger charge is -2.13. The van der Waals surface area contributed by atoms with E-state index in [1.807, 2.05) is 31.2 Å². The molecule has 1 aliphatic rings. The largest absolute Gasteiger partial charge is 0.494 e. The van der Waals surface area contributed by atoms with Crippen LogP contribution in [-0.4, -0.2) is 31.7 Å². The second-order valence-electron chi connectivity index (χ2n) is 6.49. The Morgan fingerprint density at radius 3 is 2.39 bits per heavy atom. The number of amides is 1. The first-order valence-electron chi connectivity index (χ1n) is 9.53. The van der Waals surface area contributed by atoms with Crippen LogP contribution in [0, 0.1) is 0 Å². The summed E-state index contributed by atoms with van der Waals surface area (Å²) in [7, 11) is 0. The van der Waals surface area contributed by atoms with Crippen molar-refractivity contribution in [3.05, 3.63) is 40.3 Å². The van der Waals surface area contributed by atoms with Gasteiger partial charge >= 0.3 is 5.97 Å². The monoisotopic (exact) mass is 403 g/mol. The van der Waals surface area contributed by atoms with E-state index in [1.165, 1.54) is 23.1 Å². The van der Waals surface area contributed by atoms with Gasteiger partial charge in [0.2, 0.25) is 5.91 Å². The van der Waals surface area contributed by atoms with Crippen LogP contribution < -0.4 is 14.8 Å². The highest BCUT2D eigenvalue weighted by Crippen LogP contribution is 2.38. The molecule has 1 aromatic carbocycles. The van der Waals surface area contributed by atoms with E-state index in [2.05, 4.69) is 5.32 Å². The summed E-state index contributed by atoms with van der Waals surface area (Å²) >= 11 is 1.48. The fourth-order valence-electron chi connectivity index (χ4n) is 3.19. The lowest BCUT2D eigenvalue weighted by Crippen LogP contribution is -2.16. The molecule has 0 saturated heterocycles. The molecule has 1 N–H and O–H groups in total. The molecule has 1 aromatic heterocycles. The van der Waals surface area contributed by atoms with Crippen LogP contribution in [0.3, 0.4) is 0 Å². The van der Waals surface area contributed by atoms with Crippen LogP contribution in [0.15, 0.2) is 24.3 Å². The van der Waals surface area contributed by atoms with Crippen LogP contribution in [0.1, 0.15) is 47.5 Å². The average molecular weight is 404 g/mol. The van der Waals surface area contributed by atoms with Crippen molar-refractivity contribution < 1.29 is 23.8 Å². The van der Waals surface area contributed by atoms with E-state index in [-0.39, 0.29) is 19.1 Å². The molecule has 6 nitrogen and oxygen atoms in total. The van der Waals surface area contributed by atoms with Gasteiger partial charge in [-0.05, 0) is 62.4 Å². The third-order valence-electron chi connectivity index (χ3n) is 4.38. The summed E-state index contributed by atoms with van der Waals surface area (Å²) in [6.45, 7) is 4.37. The van der Waals surface area contributed by atoms with E-state index >= 15 is 0 Å². The number of nitrogens with one attached hydrogen (secondary N) is 1. The number of aryl methyl sites for hydroxylation is 1. The third-order valence-corrected chi connectivity index (χ3v) is 5.59. The Kier molecular flexibility index (Phi) is 6.92. The molecule has 0 atom stereocenters. The Morgan fingerprint density at radius 2 is 1.71 bits per heavy atom. The van der Waals surface area contributed by atoms with Crippen LogP contribution in [0.2, 0.25) is 0 Å². The predicted octanol–water partition coefficient (Wildman–Crippen LogP) is 4.22. The molecule has 1 heterocycles. The van der Waals surface area contributed by atoms with Gasteiger partial charge in [0, 0.05) is 11.8 Å². The van der Waals surface area contributed by atoms with Crippen molar-refractivity contribution in [3.63, 3.8) is 0 Å². The number of anilines is 1. The lowest BCUT2D eigenvalue weighted by molar-refractivity contribution is -0.114. The van der Waals surface area contributed by atoms with Crippen molar-refractivity contribution in [3.8, 4) is 11.5 Å². The molecule has 0 spiro atoms. The van der Waals surface area contributed by atoms with Crippen LogP contribution in [0.25, 0.3) is 0 Å². The molecule has 0 bridgehead atoms. The van der Waals surface area contributed by atoms with Crippen molar-refractivity contribution in [1.82, 2.24) is 0 Å². The van der Waals surface area contributed by atoms with E-state index in [9.17, 15) is 9.59 Å². The van der Waals surface area contributed by atoms with Crippen molar-refractivity contribution in [2.75, 3.05) is 25.1 Å². The summed E-state index contributed by atoms with van der Waals surface area (Å²) < 4.78 is 16.4. The molecule has 0 radical (unpaired) electrons. The molecule has 1 aliphatic carbocycles. The normalized spacial score (nSPS) is 12.8. The fourth-order valence-corrected chi connectivity index (χ4v) is 4.52. The molecule has 3 rings (SSSR count). The SMILES string of the molecule is CCOc1ccc(OCCOC(=O)c2c(NC(C)=O)sc3c2CCCC3)cc1. The Balaban J connectivity index is 1.57. The molecule has 1 amide bonds. The van der Waals surface area contributed by atoms with Gasteiger partial charge < -0.3 is 19.5 Å². The summed E-state index contributed by atoms with van der Waals surface area (Å²) in [6.07, 6.45) is 3.95. The fraction of sp³-hybridized carbons (Fsp3) is 0.429. The average Bonchev–Trinajstić information content (AvgIpc) is 3.03. The quantitative estimate of drug-likeness (QED) is 0.528. The number of hydrogen-bond acceptors (Lipinski definition) is 6. The number of carbonyl (C=O) groups is 2. The Morgan fingerprint density at radius 1 is 1.04 bits per heavy atom. The van der Waals surface area contributed by atoms with Gasteiger partial charge in [0.1, 0.15) is 29.7 Å². The van der Waals surface area contributed by atoms with Crippen LogP contribution >= 0.6 is 11.3 Å². The summed E-state index contributed by atoms with van der Waals surface area (Å²) in [6, 6.07) is 7.30.